The van der Waals surface area contributed by atoms with E-state index in [1.165, 1.54) is 6.07 Å². The van der Waals surface area contributed by atoms with E-state index < -0.39 is 23.5 Å². The molecule has 0 fully saturated rings. The quantitative estimate of drug-likeness (QED) is 0.326. The Morgan fingerprint density at radius 1 is 1.15 bits per heavy atom. The Balaban J connectivity index is 1.46. The van der Waals surface area contributed by atoms with Crippen molar-refractivity contribution in [1.82, 2.24) is 10.3 Å². The maximum atomic E-state index is 12.5. The number of aromatic nitrogens is 1. The van der Waals surface area contributed by atoms with Crippen molar-refractivity contribution < 1.29 is 23.8 Å². The van der Waals surface area contributed by atoms with Crippen LogP contribution in [0.5, 0.6) is 5.75 Å². The first kappa shape index (κ1) is 23.1. The summed E-state index contributed by atoms with van der Waals surface area (Å²) < 4.78 is 11.1. The van der Waals surface area contributed by atoms with Crippen LogP contribution in [-0.2, 0) is 22.4 Å². The number of aliphatic carboxylic acids is 1. The molecule has 0 unspecified atom stereocenters. The Labute approximate surface area is 195 Å². The number of carbonyl (C=O) groups is 2. The Hall–Kier alpha value is -4.07. The van der Waals surface area contributed by atoms with Crippen molar-refractivity contribution in [1.29, 1.82) is 0 Å². The molecule has 0 saturated carbocycles. The van der Waals surface area contributed by atoms with Gasteiger partial charge in [-0.25, -0.2) is 9.59 Å². The Morgan fingerprint density at radius 3 is 2.71 bits per heavy atom. The Morgan fingerprint density at radius 2 is 1.94 bits per heavy atom. The normalized spacial score (nSPS) is 12.1. The van der Waals surface area contributed by atoms with Crippen LogP contribution >= 0.6 is 0 Å². The van der Waals surface area contributed by atoms with Crippen molar-refractivity contribution in [3.63, 3.8) is 0 Å². The first-order valence-corrected chi connectivity index (χ1v) is 11.1. The van der Waals surface area contributed by atoms with Crippen LogP contribution in [0.2, 0.25) is 0 Å². The maximum absolute atomic E-state index is 12.5. The standard InChI is InChI=1S/C26H26N2O6/c1-3-6-16-12-24(30)34-25-15(2)22(10-9-19(16)25)33-14-23(29)28-21(26(31)32)11-17-13-27-20-8-5-4-7-18(17)20/h4-5,7-10,12-13,21,27H,3,6,11,14H2,1-2H3,(H,28,29)(H,31,32)/t21-/m0/s1. The summed E-state index contributed by atoms with van der Waals surface area (Å²) in [5, 5.41) is 13.9. The van der Waals surface area contributed by atoms with Gasteiger partial charge in [-0.2, -0.15) is 0 Å². The van der Waals surface area contributed by atoms with Crippen molar-refractivity contribution in [2.45, 2.75) is 39.2 Å². The summed E-state index contributed by atoms with van der Waals surface area (Å²) in [7, 11) is 0. The van der Waals surface area contributed by atoms with Crippen molar-refractivity contribution in [3.05, 3.63) is 75.8 Å². The highest BCUT2D eigenvalue weighted by Crippen LogP contribution is 2.29. The summed E-state index contributed by atoms with van der Waals surface area (Å²) in [6, 6.07) is 11.5. The molecule has 0 aliphatic rings. The van der Waals surface area contributed by atoms with E-state index in [2.05, 4.69) is 10.3 Å². The third-order valence-electron chi connectivity index (χ3n) is 5.81. The minimum atomic E-state index is -1.13. The van der Waals surface area contributed by atoms with Gasteiger partial charge < -0.3 is 24.6 Å². The monoisotopic (exact) mass is 462 g/mol. The van der Waals surface area contributed by atoms with E-state index in [1.54, 1.807) is 25.3 Å². The second-order valence-electron chi connectivity index (χ2n) is 8.22. The lowest BCUT2D eigenvalue weighted by Gasteiger charge is -2.16. The average molecular weight is 463 g/mol. The van der Waals surface area contributed by atoms with Gasteiger partial charge in [0.2, 0.25) is 0 Å². The van der Waals surface area contributed by atoms with Crippen LogP contribution in [0.25, 0.3) is 21.9 Å². The number of hydrogen-bond donors (Lipinski definition) is 3. The molecule has 4 aromatic rings. The van der Waals surface area contributed by atoms with Crippen LogP contribution in [-0.4, -0.2) is 34.6 Å². The predicted octanol–water partition coefficient (Wildman–Crippen LogP) is 3.73. The maximum Gasteiger partial charge on any atom is 0.336 e. The number of nitrogens with one attached hydrogen (secondary N) is 2. The third-order valence-corrected chi connectivity index (χ3v) is 5.81. The minimum Gasteiger partial charge on any atom is -0.483 e. The highest BCUT2D eigenvalue weighted by molar-refractivity contribution is 5.88. The second-order valence-corrected chi connectivity index (χ2v) is 8.22. The van der Waals surface area contributed by atoms with Gasteiger partial charge in [-0.15, -0.1) is 0 Å². The molecule has 2 aromatic carbocycles. The summed E-state index contributed by atoms with van der Waals surface area (Å²) in [5.74, 6) is -1.30. The number of aromatic amines is 1. The van der Waals surface area contributed by atoms with Gasteiger partial charge in [0.15, 0.2) is 6.61 Å². The molecular weight excluding hydrogens is 436 g/mol. The topological polar surface area (TPSA) is 122 Å². The van der Waals surface area contributed by atoms with E-state index in [4.69, 9.17) is 9.15 Å². The smallest absolute Gasteiger partial charge is 0.336 e. The van der Waals surface area contributed by atoms with Crippen LogP contribution in [0.15, 0.2) is 57.9 Å². The van der Waals surface area contributed by atoms with Crippen LogP contribution in [0.4, 0.5) is 0 Å². The lowest BCUT2D eigenvalue weighted by atomic mass is 10.0. The summed E-state index contributed by atoms with van der Waals surface area (Å²) in [6.45, 7) is 3.42. The molecule has 8 nitrogen and oxygen atoms in total. The molecule has 176 valence electrons. The van der Waals surface area contributed by atoms with Gasteiger partial charge in [-0.3, -0.25) is 4.79 Å². The first-order valence-electron chi connectivity index (χ1n) is 11.1. The van der Waals surface area contributed by atoms with Crippen LogP contribution in [0.1, 0.15) is 30.0 Å². The van der Waals surface area contributed by atoms with Gasteiger partial charge in [0.1, 0.15) is 17.4 Å². The Kier molecular flexibility index (Phi) is 6.67. The largest absolute Gasteiger partial charge is 0.483 e. The van der Waals surface area contributed by atoms with Crippen LogP contribution in [0.3, 0.4) is 0 Å². The number of aryl methyl sites for hydroxylation is 2. The molecule has 0 spiro atoms. The third kappa shape index (κ3) is 4.80. The van der Waals surface area contributed by atoms with E-state index in [9.17, 15) is 19.5 Å². The fourth-order valence-corrected chi connectivity index (χ4v) is 4.14. The molecule has 2 heterocycles. The van der Waals surface area contributed by atoms with Gasteiger partial charge in [0, 0.05) is 40.5 Å². The number of ether oxygens (including phenoxy) is 1. The van der Waals surface area contributed by atoms with E-state index in [-0.39, 0.29) is 13.0 Å². The van der Waals surface area contributed by atoms with E-state index in [1.807, 2.05) is 31.2 Å². The summed E-state index contributed by atoms with van der Waals surface area (Å²) in [4.78, 5) is 39.4. The van der Waals surface area contributed by atoms with Crippen LogP contribution < -0.4 is 15.7 Å². The zero-order valence-corrected chi connectivity index (χ0v) is 19.0. The molecule has 0 radical (unpaired) electrons. The fraction of sp³-hybridized carbons (Fsp3) is 0.269. The van der Waals surface area contributed by atoms with Crippen molar-refractivity contribution in [2.24, 2.45) is 0 Å². The fourth-order valence-electron chi connectivity index (χ4n) is 4.14. The highest BCUT2D eigenvalue weighted by Gasteiger charge is 2.22. The van der Waals surface area contributed by atoms with Gasteiger partial charge in [0.05, 0.1) is 0 Å². The zero-order chi connectivity index (χ0) is 24.2. The number of amides is 1. The van der Waals surface area contributed by atoms with Gasteiger partial charge >= 0.3 is 11.6 Å². The van der Waals surface area contributed by atoms with E-state index >= 15 is 0 Å². The number of benzene rings is 2. The molecule has 3 N–H and O–H groups in total. The molecule has 1 atom stereocenters. The van der Waals surface area contributed by atoms with Gasteiger partial charge in [0.25, 0.3) is 5.91 Å². The second kappa shape index (κ2) is 9.82. The number of carboxylic acid groups (broad SMARTS) is 1. The number of H-pyrrole nitrogens is 1. The molecular formula is C26H26N2O6. The molecule has 0 bridgehead atoms. The molecule has 1 amide bonds. The number of carboxylic acids is 1. The minimum absolute atomic E-state index is 0.130. The summed E-state index contributed by atoms with van der Waals surface area (Å²) in [5.41, 5.74) is 3.20. The number of fused-ring (bicyclic) bond motifs is 2. The number of carbonyl (C=O) groups excluding carboxylic acids is 1. The highest BCUT2D eigenvalue weighted by atomic mass is 16.5. The number of rotatable bonds is 9. The molecule has 34 heavy (non-hydrogen) atoms. The molecule has 2 aromatic heterocycles. The SMILES string of the molecule is CCCc1cc(=O)oc2c(C)c(OCC(=O)N[C@@H](Cc3c[nH]c4ccccc34)C(=O)O)ccc12. The van der Waals surface area contributed by atoms with Crippen molar-refractivity contribution in [2.75, 3.05) is 6.61 Å². The molecule has 4 rings (SSSR count). The van der Waals surface area contributed by atoms with Gasteiger partial charge in [-0.05, 0) is 42.7 Å². The van der Waals surface area contributed by atoms with E-state index in [0.717, 1.165) is 40.3 Å². The first-order chi connectivity index (χ1) is 16.4. The predicted molar refractivity (Wildman–Crippen MR) is 128 cm³/mol. The number of hydrogen-bond acceptors (Lipinski definition) is 5. The molecule has 0 saturated heterocycles. The lowest BCUT2D eigenvalue weighted by molar-refractivity contribution is -0.142. The van der Waals surface area contributed by atoms with Crippen molar-refractivity contribution in [3.8, 4) is 5.75 Å². The summed E-state index contributed by atoms with van der Waals surface area (Å²) >= 11 is 0. The molecule has 0 aliphatic heterocycles. The van der Waals surface area contributed by atoms with E-state index in [0.29, 0.717) is 16.9 Å². The average Bonchev–Trinajstić information content (AvgIpc) is 3.21. The molecule has 0 aliphatic carbocycles. The van der Waals surface area contributed by atoms with Crippen LogP contribution in [0, 0.1) is 6.92 Å². The number of para-hydroxylation sites is 1. The van der Waals surface area contributed by atoms with Gasteiger partial charge in [-0.1, -0.05) is 31.5 Å². The molecule has 8 heteroatoms. The lowest BCUT2D eigenvalue weighted by Crippen LogP contribution is -2.44. The zero-order valence-electron chi connectivity index (χ0n) is 19.0. The van der Waals surface area contributed by atoms with Crippen molar-refractivity contribution >= 4 is 33.7 Å². The Bertz CT molecular complexity index is 1420. The summed E-state index contributed by atoms with van der Waals surface area (Å²) in [6.07, 6.45) is 3.52.